The molecule has 2 aromatic rings. The van der Waals surface area contributed by atoms with Crippen LogP contribution in [0.2, 0.25) is 0 Å². The minimum Gasteiger partial charge on any atom is -0.482 e. The number of pyridine rings is 1. The first-order valence-electron chi connectivity index (χ1n) is 9.95. The maximum absolute atomic E-state index is 15.0. The van der Waals surface area contributed by atoms with Crippen LogP contribution in [0.25, 0.3) is 0 Å². The normalized spacial score (nSPS) is 24.4. The summed E-state index contributed by atoms with van der Waals surface area (Å²) in [5, 5.41) is 2.71. The van der Waals surface area contributed by atoms with Gasteiger partial charge in [-0.25, -0.2) is 18.8 Å². The van der Waals surface area contributed by atoms with E-state index in [1.807, 2.05) is 6.92 Å². The van der Waals surface area contributed by atoms with E-state index < -0.39 is 52.7 Å². The Labute approximate surface area is 194 Å². The Morgan fingerprint density at radius 1 is 1.26 bits per heavy atom. The van der Waals surface area contributed by atoms with Gasteiger partial charge in [0.25, 0.3) is 5.91 Å². The van der Waals surface area contributed by atoms with Gasteiger partial charge >= 0.3 is 6.18 Å². The largest absolute Gasteiger partial charge is 0.482 e. The van der Waals surface area contributed by atoms with E-state index in [4.69, 9.17) is 10.5 Å². The molecule has 1 fully saturated rings. The predicted octanol–water partition coefficient (Wildman–Crippen LogP) is 3.85. The summed E-state index contributed by atoms with van der Waals surface area (Å²) in [6.07, 6.45) is -3.81. The number of aromatic nitrogens is 1. The van der Waals surface area contributed by atoms with E-state index in [1.165, 1.54) is 23.9 Å². The van der Waals surface area contributed by atoms with Gasteiger partial charge in [0.2, 0.25) is 0 Å². The lowest BCUT2D eigenvalue weighted by atomic mass is 9.70. The van der Waals surface area contributed by atoms with Crippen LogP contribution in [0, 0.1) is 17.0 Å². The van der Waals surface area contributed by atoms with E-state index in [-0.39, 0.29) is 23.0 Å². The lowest BCUT2D eigenvalue weighted by molar-refractivity contribution is -0.153. The second-order valence-electron chi connectivity index (χ2n) is 8.21. The van der Waals surface area contributed by atoms with Crippen LogP contribution in [0.5, 0.6) is 5.75 Å². The van der Waals surface area contributed by atoms with Gasteiger partial charge in [-0.3, -0.25) is 4.79 Å². The number of nitrogens with two attached hydrogens (primary N) is 1. The summed E-state index contributed by atoms with van der Waals surface area (Å²) in [4.78, 5) is 20.7. The van der Waals surface area contributed by atoms with Gasteiger partial charge in [-0.15, -0.1) is 0 Å². The van der Waals surface area contributed by atoms with Gasteiger partial charge in [0.05, 0.1) is 19.4 Å². The van der Waals surface area contributed by atoms with Crippen LogP contribution in [0.15, 0.2) is 35.5 Å². The predicted molar refractivity (Wildman–Crippen MR) is 115 cm³/mol. The van der Waals surface area contributed by atoms with Crippen molar-refractivity contribution in [1.29, 1.82) is 0 Å². The van der Waals surface area contributed by atoms with Gasteiger partial charge in [0, 0.05) is 28.5 Å². The molecule has 1 aromatic heterocycles. The Hall–Kier alpha value is -2.93. The van der Waals surface area contributed by atoms with E-state index >= 15 is 0 Å². The van der Waals surface area contributed by atoms with Gasteiger partial charge in [0.1, 0.15) is 17.1 Å². The van der Waals surface area contributed by atoms with Crippen LogP contribution >= 0.6 is 11.8 Å². The summed E-state index contributed by atoms with van der Waals surface area (Å²) >= 11 is 1.34. The summed E-state index contributed by atoms with van der Waals surface area (Å²) in [5.41, 5.74) is 3.91. The SMILES string of the molecule is C[C@@]12COC[C@]1(c1cc(NC(=O)c3ncc(OCC(F)(F)F)cc3F)ccc1F)N=C(N)SC2. The van der Waals surface area contributed by atoms with Gasteiger partial charge in [0.15, 0.2) is 23.3 Å². The highest BCUT2D eigenvalue weighted by Crippen LogP contribution is 2.53. The third kappa shape index (κ3) is 4.53. The van der Waals surface area contributed by atoms with Crippen LogP contribution in [-0.4, -0.2) is 47.8 Å². The Morgan fingerprint density at radius 2 is 2.03 bits per heavy atom. The second-order valence-corrected chi connectivity index (χ2v) is 9.20. The van der Waals surface area contributed by atoms with Crippen LogP contribution in [0.3, 0.4) is 0 Å². The zero-order valence-corrected chi connectivity index (χ0v) is 18.5. The third-order valence-corrected chi connectivity index (χ3v) is 6.84. The summed E-state index contributed by atoms with van der Waals surface area (Å²) in [6, 6.07) is 4.43. The number of fused-ring (bicyclic) bond motifs is 1. The molecule has 1 saturated heterocycles. The molecule has 2 atom stereocenters. The molecular formula is C21H19F5N4O3S. The lowest BCUT2D eigenvalue weighted by Gasteiger charge is -2.42. The number of nitrogens with one attached hydrogen (secondary N) is 1. The summed E-state index contributed by atoms with van der Waals surface area (Å²) in [7, 11) is 0. The molecule has 1 amide bonds. The number of alkyl halides is 3. The topological polar surface area (TPSA) is 98.8 Å². The molecule has 7 nitrogen and oxygen atoms in total. The molecule has 3 heterocycles. The fourth-order valence-electron chi connectivity index (χ4n) is 3.90. The van der Waals surface area contributed by atoms with Crippen molar-refractivity contribution in [1.82, 2.24) is 4.98 Å². The number of rotatable bonds is 5. The zero-order chi connectivity index (χ0) is 24.7. The van der Waals surface area contributed by atoms with Crippen molar-refractivity contribution in [3.8, 4) is 5.75 Å². The first kappa shape index (κ1) is 24.2. The van der Waals surface area contributed by atoms with E-state index in [1.54, 1.807) is 0 Å². The highest BCUT2D eigenvalue weighted by atomic mass is 32.2. The molecule has 0 saturated carbocycles. The molecule has 2 aliphatic rings. The lowest BCUT2D eigenvalue weighted by Crippen LogP contribution is -2.48. The number of amidine groups is 1. The number of hydrogen-bond acceptors (Lipinski definition) is 7. The highest BCUT2D eigenvalue weighted by molar-refractivity contribution is 8.13. The first-order chi connectivity index (χ1) is 15.9. The van der Waals surface area contributed by atoms with Crippen LogP contribution in [0.1, 0.15) is 23.0 Å². The molecule has 0 bridgehead atoms. The van der Waals surface area contributed by atoms with Crippen molar-refractivity contribution >= 4 is 28.5 Å². The maximum atomic E-state index is 15.0. The van der Waals surface area contributed by atoms with Crippen LogP contribution in [0.4, 0.5) is 27.6 Å². The number of hydrogen-bond donors (Lipinski definition) is 2. The number of aliphatic imine (C=N–C) groups is 1. The Balaban J connectivity index is 1.59. The highest BCUT2D eigenvalue weighted by Gasteiger charge is 2.57. The molecular weight excluding hydrogens is 483 g/mol. The number of carbonyl (C=O) groups is 1. The number of carbonyl (C=O) groups excluding carboxylic acids is 1. The van der Waals surface area contributed by atoms with Gasteiger partial charge in [-0.1, -0.05) is 18.7 Å². The summed E-state index contributed by atoms with van der Waals surface area (Å²) in [5.74, 6) is -2.68. The molecule has 0 unspecified atom stereocenters. The molecule has 3 N–H and O–H groups in total. The van der Waals surface area contributed by atoms with E-state index in [0.29, 0.717) is 18.4 Å². The number of benzene rings is 1. The minimum absolute atomic E-state index is 0.0919. The van der Waals surface area contributed by atoms with Gasteiger partial charge < -0.3 is 20.5 Å². The third-order valence-electron chi connectivity index (χ3n) is 5.67. The average Bonchev–Trinajstić information content (AvgIpc) is 3.10. The van der Waals surface area contributed by atoms with Crippen LogP contribution in [-0.2, 0) is 10.3 Å². The molecule has 1 aromatic carbocycles. The zero-order valence-electron chi connectivity index (χ0n) is 17.7. The minimum atomic E-state index is -4.61. The second kappa shape index (κ2) is 8.69. The molecule has 34 heavy (non-hydrogen) atoms. The Kier molecular flexibility index (Phi) is 6.19. The quantitative estimate of drug-likeness (QED) is 0.603. The number of ether oxygens (including phenoxy) is 2. The summed E-state index contributed by atoms with van der Waals surface area (Å²) < 4.78 is 76.1. The molecule has 2 aliphatic heterocycles. The first-order valence-corrected chi connectivity index (χ1v) is 10.9. The molecule has 0 aliphatic carbocycles. The van der Waals surface area contributed by atoms with Gasteiger partial charge in [-0.05, 0) is 18.2 Å². The van der Waals surface area contributed by atoms with Crippen molar-refractivity contribution in [2.45, 2.75) is 18.6 Å². The molecule has 4 rings (SSSR count). The number of thioether (sulfide) groups is 1. The fourth-order valence-corrected chi connectivity index (χ4v) is 4.91. The number of amides is 1. The summed E-state index contributed by atoms with van der Waals surface area (Å²) in [6.45, 7) is 0.711. The number of halogens is 5. The van der Waals surface area contributed by atoms with E-state index in [2.05, 4.69) is 20.0 Å². The molecule has 0 radical (unpaired) electrons. The smallest absolute Gasteiger partial charge is 0.422 e. The van der Waals surface area contributed by atoms with E-state index in [9.17, 15) is 26.7 Å². The molecule has 13 heteroatoms. The number of nitrogens with zero attached hydrogens (tertiary/aromatic N) is 2. The van der Waals surface area contributed by atoms with Crippen molar-refractivity contribution in [3.05, 3.63) is 53.4 Å². The van der Waals surface area contributed by atoms with Crippen molar-refractivity contribution in [3.63, 3.8) is 0 Å². The van der Waals surface area contributed by atoms with E-state index in [0.717, 1.165) is 12.3 Å². The van der Waals surface area contributed by atoms with Crippen molar-refractivity contribution in [2.75, 3.05) is 30.9 Å². The fraction of sp³-hybridized carbons (Fsp3) is 0.381. The van der Waals surface area contributed by atoms with Crippen molar-refractivity contribution in [2.24, 2.45) is 16.1 Å². The maximum Gasteiger partial charge on any atom is 0.422 e. The Morgan fingerprint density at radius 3 is 2.74 bits per heavy atom. The van der Waals surface area contributed by atoms with Crippen LogP contribution < -0.4 is 15.8 Å². The van der Waals surface area contributed by atoms with Crippen molar-refractivity contribution < 1.29 is 36.2 Å². The molecule has 182 valence electrons. The average molecular weight is 502 g/mol. The monoisotopic (exact) mass is 502 g/mol. The molecule has 0 spiro atoms. The van der Waals surface area contributed by atoms with Gasteiger partial charge in [-0.2, -0.15) is 13.2 Å². The Bertz CT molecular complexity index is 1160. The standard InChI is InChI=1S/C21H19F5N4O3S/c1-19-7-32-8-20(19,30-18(27)34-10-19)13-4-11(2-3-14(13)22)29-17(31)16-15(23)5-12(6-28-16)33-9-21(24,25)26/h2-6H,7-10H2,1H3,(H2,27,30)(H,29,31)/t19-,20+/m0/s1. The number of anilines is 1.